The highest BCUT2D eigenvalue weighted by Gasteiger charge is 2.12. The summed E-state index contributed by atoms with van der Waals surface area (Å²) in [4.78, 5) is 0. The van der Waals surface area contributed by atoms with Gasteiger partial charge in [-0.1, -0.05) is 35.3 Å². The molecule has 0 aliphatic heterocycles. The number of hydrogen-bond donors (Lipinski definition) is 0. The molecule has 2 rings (SSSR count). The van der Waals surface area contributed by atoms with Crippen molar-refractivity contribution in [1.82, 2.24) is 0 Å². The maximum Gasteiger partial charge on any atom is 0.203 e. The molecule has 2 aromatic carbocycles. The first-order valence-electron chi connectivity index (χ1n) is 5.93. The molecule has 0 bridgehead atoms. The van der Waals surface area contributed by atoms with E-state index in [0.717, 1.165) is 5.56 Å². The molecule has 0 fully saturated rings. The molecule has 5 heteroatoms. The molecule has 20 heavy (non-hydrogen) atoms. The standard InChI is InChI=1S/C15H14Cl2O3/c1-18-13-4-3-5-14(19-2)15(13)20-9-10-6-7-11(16)8-12(10)17/h3-8H,9H2,1-2H3. The Morgan fingerprint density at radius 2 is 1.60 bits per heavy atom. The van der Waals surface area contributed by atoms with Gasteiger partial charge < -0.3 is 14.2 Å². The maximum absolute atomic E-state index is 6.12. The van der Waals surface area contributed by atoms with E-state index in [-0.39, 0.29) is 0 Å². The number of methoxy groups -OCH3 is 2. The van der Waals surface area contributed by atoms with E-state index in [2.05, 4.69) is 0 Å². The molecule has 0 unspecified atom stereocenters. The van der Waals surface area contributed by atoms with Crippen molar-refractivity contribution in [2.75, 3.05) is 14.2 Å². The van der Waals surface area contributed by atoms with E-state index >= 15 is 0 Å². The first-order chi connectivity index (χ1) is 9.65. The fraction of sp³-hybridized carbons (Fsp3) is 0.200. The van der Waals surface area contributed by atoms with Crippen LogP contribution in [0.4, 0.5) is 0 Å². The van der Waals surface area contributed by atoms with Crippen molar-refractivity contribution >= 4 is 23.2 Å². The molecule has 0 aromatic heterocycles. The summed E-state index contributed by atoms with van der Waals surface area (Å²) in [5.74, 6) is 1.76. The van der Waals surface area contributed by atoms with Gasteiger partial charge in [-0.15, -0.1) is 0 Å². The molecule has 0 amide bonds. The van der Waals surface area contributed by atoms with Crippen molar-refractivity contribution in [2.45, 2.75) is 6.61 Å². The number of para-hydroxylation sites is 1. The van der Waals surface area contributed by atoms with Crippen LogP contribution in [0, 0.1) is 0 Å². The number of hydrogen-bond acceptors (Lipinski definition) is 3. The van der Waals surface area contributed by atoms with Gasteiger partial charge in [-0.25, -0.2) is 0 Å². The molecule has 0 radical (unpaired) electrons. The minimum atomic E-state index is 0.298. The molecule has 2 aromatic rings. The van der Waals surface area contributed by atoms with E-state index < -0.39 is 0 Å². The Bertz CT molecular complexity index is 577. The minimum absolute atomic E-state index is 0.298. The summed E-state index contributed by atoms with van der Waals surface area (Å²) in [6.45, 7) is 0.298. The first kappa shape index (κ1) is 14.8. The van der Waals surface area contributed by atoms with Gasteiger partial charge in [0.25, 0.3) is 0 Å². The lowest BCUT2D eigenvalue weighted by molar-refractivity contribution is 0.266. The van der Waals surface area contributed by atoms with Crippen molar-refractivity contribution < 1.29 is 14.2 Å². The Morgan fingerprint density at radius 1 is 0.950 bits per heavy atom. The fourth-order valence-corrected chi connectivity index (χ4v) is 2.21. The van der Waals surface area contributed by atoms with E-state index in [9.17, 15) is 0 Å². The molecule has 0 aliphatic rings. The highest BCUT2D eigenvalue weighted by atomic mass is 35.5. The van der Waals surface area contributed by atoms with Crippen molar-refractivity contribution in [3.05, 3.63) is 52.0 Å². The largest absolute Gasteiger partial charge is 0.493 e. The summed E-state index contributed by atoms with van der Waals surface area (Å²) in [5, 5.41) is 1.15. The Kier molecular flexibility index (Phi) is 4.99. The van der Waals surface area contributed by atoms with Gasteiger partial charge in [0.1, 0.15) is 6.61 Å². The zero-order chi connectivity index (χ0) is 14.5. The Morgan fingerprint density at radius 3 is 2.15 bits per heavy atom. The second-order valence-electron chi connectivity index (χ2n) is 4.02. The average Bonchev–Trinajstić information content (AvgIpc) is 2.46. The lowest BCUT2D eigenvalue weighted by Gasteiger charge is -2.14. The molecule has 0 atom stereocenters. The molecule has 0 saturated carbocycles. The zero-order valence-electron chi connectivity index (χ0n) is 11.2. The van der Waals surface area contributed by atoms with Crippen LogP contribution < -0.4 is 14.2 Å². The highest BCUT2D eigenvalue weighted by Crippen LogP contribution is 2.37. The lowest BCUT2D eigenvalue weighted by Crippen LogP contribution is -2.00. The monoisotopic (exact) mass is 312 g/mol. The normalized spacial score (nSPS) is 10.2. The van der Waals surface area contributed by atoms with Crippen molar-refractivity contribution in [1.29, 1.82) is 0 Å². The van der Waals surface area contributed by atoms with E-state index in [1.807, 2.05) is 12.1 Å². The predicted molar refractivity (Wildman–Crippen MR) is 80.3 cm³/mol. The second kappa shape index (κ2) is 6.73. The van der Waals surface area contributed by atoms with Crippen LogP contribution in [0.3, 0.4) is 0 Å². The number of ether oxygens (including phenoxy) is 3. The van der Waals surface area contributed by atoms with Gasteiger partial charge >= 0.3 is 0 Å². The first-order valence-corrected chi connectivity index (χ1v) is 6.69. The Hall–Kier alpha value is -1.58. The van der Waals surface area contributed by atoms with Crippen LogP contribution in [0.25, 0.3) is 0 Å². The molecule has 106 valence electrons. The van der Waals surface area contributed by atoms with Crippen LogP contribution in [0.1, 0.15) is 5.56 Å². The average molecular weight is 313 g/mol. The summed E-state index contributed by atoms with van der Waals surface area (Å²) in [7, 11) is 3.16. The van der Waals surface area contributed by atoms with Crippen LogP contribution in [0.5, 0.6) is 17.2 Å². The quantitative estimate of drug-likeness (QED) is 0.808. The van der Waals surface area contributed by atoms with Crippen LogP contribution in [0.15, 0.2) is 36.4 Å². The molecule has 0 heterocycles. The maximum atomic E-state index is 6.12. The lowest BCUT2D eigenvalue weighted by atomic mass is 10.2. The Labute approximate surface area is 128 Å². The van der Waals surface area contributed by atoms with E-state index in [0.29, 0.717) is 33.9 Å². The van der Waals surface area contributed by atoms with Gasteiger partial charge in [0.15, 0.2) is 11.5 Å². The van der Waals surface area contributed by atoms with Crippen LogP contribution in [-0.4, -0.2) is 14.2 Å². The summed E-state index contributed by atoms with van der Waals surface area (Å²) in [6, 6.07) is 10.7. The van der Waals surface area contributed by atoms with Crippen LogP contribution in [-0.2, 0) is 6.61 Å². The number of rotatable bonds is 5. The predicted octanol–water partition coefficient (Wildman–Crippen LogP) is 4.59. The van der Waals surface area contributed by atoms with Crippen molar-refractivity contribution in [3.8, 4) is 17.2 Å². The molecule has 0 saturated heterocycles. The molecule has 0 spiro atoms. The number of halogens is 2. The van der Waals surface area contributed by atoms with Gasteiger partial charge in [-0.3, -0.25) is 0 Å². The van der Waals surface area contributed by atoms with E-state index in [4.69, 9.17) is 37.4 Å². The summed E-state index contributed by atoms with van der Waals surface area (Å²) >= 11 is 12.0. The van der Waals surface area contributed by atoms with Gasteiger partial charge in [-0.2, -0.15) is 0 Å². The Balaban J connectivity index is 2.22. The third kappa shape index (κ3) is 3.30. The van der Waals surface area contributed by atoms with Gasteiger partial charge in [0, 0.05) is 15.6 Å². The molecule has 0 aliphatic carbocycles. The van der Waals surface area contributed by atoms with Crippen molar-refractivity contribution in [2.24, 2.45) is 0 Å². The molecular formula is C15H14Cl2O3. The van der Waals surface area contributed by atoms with Gasteiger partial charge in [0.2, 0.25) is 5.75 Å². The SMILES string of the molecule is COc1cccc(OC)c1OCc1ccc(Cl)cc1Cl. The van der Waals surface area contributed by atoms with Crippen molar-refractivity contribution in [3.63, 3.8) is 0 Å². The molecular weight excluding hydrogens is 299 g/mol. The topological polar surface area (TPSA) is 27.7 Å². The van der Waals surface area contributed by atoms with Crippen LogP contribution >= 0.6 is 23.2 Å². The van der Waals surface area contributed by atoms with Gasteiger partial charge in [-0.05, 0) is 24.3 Å². The van der Waals surface area contributed by atoms with Crippen LogP contribution in [0.2, 0.25) is 10.0 Å². The summed E-state index contributed by atoms with van der Waals surface area (Å²) in [5.41, 5.74) is 0.837. The smallest absolute Gasteiger partial charge is 0.203 e. The summed E-state index contributed by atoms with van der Waals surface area (Å²) in [6.07, 6.45) is 0. The van der Waals surface area contributed by atoms with E-state index in [1.165, 1.54) is 0 Å². The van der Waals surface area contributed by atoms with Gasteiger partial charge in [0.05, 0.1) is 14.2 Å². The third-order valence-corrected chi connectivity index (χ3v) is 3.36. The number of benzene rings is 2. The summed E-state index contributed by atoms with van der Waals surface area (Å²) < 4.78 is 16.3. The molecule has 3 nitrogen and oxygen atoms in total. The third-order valence-electron chi connectivity index (χ3n) is 2.77. The molecule has 0 N–H and O–H groups in total. The minimum Gasteiger partial charge on any atom is -0.493 e. The van der Waals surface area contributed by atoms with E-state index in [1.54, 1.807) is 38.5 Å². The zero-order valence-corrected chi connectivity index (χ0v) is 12.7. The second-order valence-corrected chi connectivity index (χ2v) is 4.86. The highest BCUT2D eigenvalue weighted by molar-refractivity contribution is 6.35. The fourth-order valence-electron chi connectivity index (χ4n) is 1.75.